The van der Waals surface area contributed by atoms with Crippen molar-refractivity contribution >= 4 is 17.9 Å². The fraction of sp³-hybridized carbons (Fsp3) is 0.772. The number of allylic oxidation sites excluding steroid dienone is 10. The predicted molar refractivity (Wildman–Crippen MR) is 270 cm³/mol. The van der Waals surface area contributed by atoms with Gasteiger partial charge in [-0.25, -0.2) is 0 Å². The van der Waals surface area contributed by atoms with Gasteiger partial charge >= 0.3 is 17.9 Å². The highest BCUT2D eigenvalue weighted by Crippen LogP contribution is 2.15. The molecule has 0 aliphatic rings. The maximum Gasteiger partial charge on any atom is 0.306 e. The van der Waals surface area contributed by atoms with Crippen molar-refractivity contribution < 1.29 is 28.6 Å². The van der Waals surface area contributed by atoms with E-state index >= 15 is 0 Å². The van der Waals surface area contributed by atoms with E-state index in [2.05, 4.69) is 81.5 Å². The summed E-state index contributed by atoms with van der Waals surface area (Å²) in [6, 6.07) is 0. The van der Waals surface area contributed by atoms with Crippen LogP contribution in [-0.4, -0.2) is 37.2 Å². The van der Waals surface area contributed by atoms with E-state index in [1.807, 2.05) is 0 Å². The van der Waals surface area contributed by atoms with E-state index in [9.17, 15) is 14.4 Å². The van der Waals surface area contributed by atoms with Gasteiger partial charge in [0.25, 0.3) is 0 Å². The van der Waals surface area contributed by atoms with Crippen molar-refractivity contribution in [3.8, 4) is 0 Å². The Morgan fingerprint density at radius 2 is 0.619 bits per heavy atom. The molecular weight excluding hydrogens is 781 g/mol. The molecule has 0 bridgehead atoms. The molecule has 0 aromatic carbocycles. The molecule has 0 saturated carbocycles. The molecule has 0 radical (unpaired) electrons. The molecule has 1 atom stereocenters. The van der Waals surface area contributed by atoms with Gasteiger partial charge in [0.15, 0.2) is 6.10 Å². The molecule has 1 unspecified atom stereocenters. The van der Waals surface area contributed by atoms with Crippen LogP contribution in [-0.2, 0) is 28.6 Å². The van der Waals surface area contributed by atoms with E-state index in [1.54, 1.807) is 0 Å². The molecule has 0 fully saturated rings. The van der Waals surface area contributed by atoms with E-state index in [-0.39, 0.29) is 31.1 Å². The van der Waals surface area contributed by atoms with Crippen molar-refractivity contribution in [2.75, 3.05) is 13.2 Å². The fourth-order valence-electron chi connectivity index (χ4n) is 7.49. The summed E-state index contributed by atoms with van der Waals surface area (Å²) in [6.45, 7) is 6.50. The number of carbonyl (C=O) groups excluding carboxylic acids is 3. The highest BCUT2D eigenvalue weighted by Gasteiger charge is 2.19. The largest absolute Gasteiger partial charge is 0.462 e. The maximum absolute atomic E-state index is 12.8. The lowest BCUT2D eigenvalue weighted by Gasteiger charge is -2.18. The quantitative estimate of drug-likeness (QED) is 0.0262. The normalized spacial score (nSPS) is 12.5. The highest BCUT2D eigenvalue weighted by atomic mass is 16.6. The Labute approximate surface area is 390 Å². The van der Waals surface area contributed by atoms with Crippen LogP contribution in [0.1, 0.15) is 265 Å². The first-order valence-corrected chi connectivity index (χ1v) is 26.8. The summed E-state index contributed by atoms with van der Waals surface area (Å²) in [4.78, 5) is 38.0. The first kappa shape index (κ1) is 60.1. The molecule has 63 heavy (non-hydrogen) atoms. The third kappa shape index (κ3) is 50.0. The molecule has 0 saturated heterocycles. The first-order chi connectivity index (χ1) is 31.0. The van der Waals surface area contributed by atoms with Crippen LogP contribution in [0.2, 0.25) is 0 Å². The van der Waals surface area contributed by atoms with Crippen molar-refractivity contribution in [1.29, 1.82) is 0 Å². The number of rotatable bonds is 48. The second-order valence-electron chi connectivity index (χ2n) is 17.8. The maximum atomic E-state index is 12.8. The average molecular weight is 881 g/mol. The summed E-state index contributed by atoms with van der Waals surface area (Å²) < 4.78 is 16.8. The van der Waals surface area contributed by atoms with Gasteiger partial charge < -0.3 is 14.2 Å². The Bertz CT molecular complexity index is 1150. The average Bonchev–Trinajstić information content (AvgIpc) is 3.28. The van der Waals surface area contributed by atoms with E-state index in [4.69, 9.17) is 14.2 Å². The lowest BCUT2D eigenvalue weighted by molar-refractivity contribution is -0.167. The zero-order valence-corrected chi connectivity index (χ0v) is 41.6. The Morgan fingerprint density at radius 1 is 0.333 bits per heavy atom. The SMILES string of the molecule is CC/C=C\C/C=C\C/C=C\C/C=C\CCCCCC(=O)OC(COC(=O)CCCCCCC/C=C\CCCCCCCCCCC)COC(=O)CCCCCCCCCCCCC. The summed E-state index contributed by atoms with van der Waals surface area (Å²) in [5.74, 6) is -0.922. The van der Waals surface area contributed by atoms with Gasteiger partial charge in [0.1, 0.15) is 13.2 Å². The van der Waals surface area contributed by atoms with Crippen LogP contribution >= 0.6 is 0 Å². The Balaban J connectivity index is 4.40. The van der Waals surface area contributed by atoms with E-state index in [0.717, 1.165) is 96.3 Å². The zero-order valence-electron chi connectivity index (χ0n) is 41.6. The van der Waals surface area contributed by atoms with Gasteiger partial charge in [-0.15, -0.1) is 0 Å². The van der Waals surface area contributed by atoms with Crippen LogP contribution in [0.4, 0.5) is 0 Å². The number of carbonyl (C=O) groups is 3. The van der Waals surface area contributed by atoms with Gasteiger partial charge in [-0.2, -0.15) is 0 Å². The monoisotopic (exact) mass is 881 g/mol. The van der Waals surface area contributed by atoms with Crippen molar-refractivity contribution in [3.05, 3.63) is 60.8 Å². The molecule has 0 rings (SSSR count). The van der Waals surface area contributed by atoms with Crippen molar-refractivity contribution in [2.24, 2.45) is 0 Å². The molecular formula is C57H100O6. The zero-order chi connectivity index (χ0) is 45.8. The number of hydrogen-bond donors (Lipinski definition) is 0. The number of esters is 3. The van der Waals surface area contributed by atoms with Gasteiger partial charge in [-0.3, -0.25) is 14.4 Å². The number of hydrogen-bond acceptors (Lipinski definition) is 6. The standard InChI is InChI=1S/C57H100O6/c1-4-7-10-13-16-19-22-24-26-28-29-31-32-35-38-41-44-47-50-56(59)62-53-54(52-61-55(58)49-46-43-40-37-34-21-18-15-12-9-6-3)63-57(60)51-48-45-42-39-36-33-30-27-25-23-20-17-14-11-8-5-2/h8,11,17,20,25,27,29,31,33,36,54H,4-7,9-10,12-16,18-19,21-24,26,28,30,32,34-35,37-53H2,1-3H3/b11-8-,20-17-,27-25-,31-29-,36-33-. The minimum absolute atomic E-state index is 0.0879. The van der Waals surface area contributed by atoms with Crippen LogP contribution in [0.3, 0.4) is 0 Å². The third-order valence-electron chi connectivity index (χ3n) is 11.5. The number of unbranched alkanes of at least 4 members (excludes halogenated alkanes) is 27. The van der Waals surface area contributed by atoms with Gasteiger partial charge in [-0.05, 0) is 83.5 Å². The molecule has 0 aromatic heterocycles. The van der Waals surface area contributed by atoms with Crippen molar-refractivity contribution in [1.82, 2.24) is 0 Å². The summed E-state index contributed by atoms with van der Waals surface area (Å²) in [5.41, 5.74) is 0. The summed E-state index contributed by atoms with van der Waals surface area (Å²) >= 11 is 0. The second-order valence-corrected chi connectivity index (χ2v) is 17.8. The minimum atomic E-state index is -0.791. The Morgan fingerprint density at radius 3 is 1.00 bits per heavy atom. The molecule has 364 valence electrons. The second kappa shape index (κ2) is 51.7. The lowest BCUT2D eigenvalue weighted by Crippen LogP contribution is -2.30. The molecule has 0 aliphatic heterocycles. The molecule has 6 heteroatoms. The predicted octanol–water partition coefficient (Wildman–Crippen LogP) is 17.6. The van der Waals surface area contributed by atoms with Gasteiger partial charge in [0, 0.05) is 19.3 Å². The van der Waals surface area contributed by atoms with E-state index in [0.29, 0.717) is 19.3 Å². The van der Waals surface area contributed by atoms with Crippen LogP contribution < -0.4 is 0 Å². The third-order valence-corrected chi connectivity index (χ3v) is 11.5. The van der Waals surface area contributed by atoms with Gasteiger partial charge in [0.2, 0.25) is 0 Å². The molecule has 6 nitrogen and oxygen atoms in total. The summed E-state index contributed by atoms with van der Waals surface area (Å²) in [6.07, 6.45) is 63.5. The summed E-state index contributed by atoms with van der Waals surface area (Å²) in [5, 5.41) is 0. The smallest absolute Gasteiger partial charge is 0.306 e. The first-order valence-electron chi connectivity index (χ1n) is 26.8. The number of ether oxygens (including phenoxy) is 3. The molecule has 0 amide bonds. The van der Waals surface area contributed by atoms with Crippen LogP contribution in [0, 0.1) is 0 Å². The molecule has 0 aromatic rings. The van der Waals surface area contributed by atoms with Crippen LogP contribution in [0.25, 0.3) is 0 Å². The Kier molecular flexibility index (Phi) is 49.4. The van der Waals surface area contributed by atoms with Crippen LogP contribution in [0.5, 0.6) is 0 Å². The Hall–Kier alpha value is -2.89. The molecule has 0 aliphatic carbocycles. The molecule has 0 N–H and O–H groups in total. The lowest BCUT2D eigenvalue weighted by atomic mass is 10.1. The minimum Gasteiger partial charge on any atom is -0.462 e. The van der Waals surface area contributed by atoms with Crippen molar-refractivity contribution in [2.45, 2.75) is 271 Å². The van der Waals surface area contributed by atoms with Gasteiger partial charge in [-0.1, -0.05) is 223 Å². The van der Waals surface area contributed by atoms with Gasteiger partial charge in [0.05, 0.1) is 0 Å². The topological polar surface area (TPSA) is 78.9 Å². The van der Waals surface area contributed by atoms with E-state index in [1.165, 1.54) is 128 Å². The van der Waals surface area contributed by atoms with Crippen LogP contribution in [0.15, 0.2) is 60.8 Å². The van der Waals surface area contributed by atoms with Crippen molar-refractivity contribution in [3.63, 3.8) is 0 Å². The molecule has 0 heterocycles. The highest BCUT2D eigenvalue weighted by molar-refractivity contribution is 5.71. The fourth-order valence-corrected chi connectivity index (χ4v) is 7.49. The molecule has 0 spiro atoms. The van der Waals surface area contributed by atoms with E-state index < -0.39 is 6.10 Å². The summed E-state index contributed by atoms with van der Waals surface area (Å²) in [7, 11) is 0.